The van der Waals surface area contributed by atoms with Gasteiger partial charge in [-0.3, -0.25) is 9.69 Å². The van der Waals surface area contributed by atoms with Gasteiger partial charge in [0.1, 0.15) is 0 Å². The molecule has 0 bridgehead atoms. The van der Waals surface area contributed by atoms with Gasteiger partial charge in [-0.2, -0.15) is 0 Å². The number of aliphatic hydroxyl groups excluding tert-OH is 1. The molecule has 0 unspecified atom stereocenters. The van der Waals surface area contributed by atoms with Crippen molar-refractivity contribution >= 4 is 5.91 Å². The summed E-state index contributed by atoms with van der Waals surface area (Å²) < 4.78 is 0. The molecule has 1 amide bonds. The molecule has 90 valence electrons. The second kappa shape index (κ2) is 8.64. The number of hydrogen-bond acceptors (Lipinski definition) is 4. The van der Waals surface area contributed by atoms with Crippen LogP contribution in [0.25, 0.3) is 0 Å². The average molecular weight is 218 g/mol. The fraction of sp³-hybridized carbons (Fsp3) is 0.900. The van der Waals surface area contributed by atoms with Gasteiger partial charge in [0.15, 0.2) is 6.29 Å². The van der Waals surface area contributed by atoms with Gasteiger partial charge in [0, 0.05) is 6.54 Å². The minimum atomic E-state index is -1.27. The van der Waals surface area contributed by atoms with Crippen molar-refractivity contribution in [1.82, 2.24) is 10.2 Å². The summed E-state index contributed by atoms with van der Waals surface area (Å²) in [6.45, 7) is 3.87. The van der Waals surface area contributed by atoms with Crippen molar-refractivity contribution in [2.75, 3.05) is 26.7 Å². The van der Waals surface area contributed by atoms with Crippen LogP contribution in [0, 0.1) is 0 Å². The van der Waals surface area contributed by atoms with E-state index < -0.39 is 6.29 Å². The van der Waals surface area contributed by atoms with E-state index in [2.05, 4.69) is 12.2 Å². The van der Waals surface area contributed by atoms with Crippen LogP contribution in [-0.4, -0.2) is 54.0 Å². The topological polar surface area (TPSA) is 72.8 Å². The number of nitrogens with one attached hydrogen (secondary N) is 1. The lowest BCUT2D eigenvalue weighted by molar-refractivity contribution is -0.122. The molecule has 0 aliphatic heterocycles. The Morgan fingerprint density at radius 2 is 2.13 bits per heavy atom. The minimum Gasteiger partial charge on any atom is -0.368 e. The summed E-state index contributed by atoms with van der Waals surface area (Å²) in [4.78, 5) is 13.2. The second-order valence-electron chi connectivity index (χ2n) is 3.71. The molecule has 0 aliphatic rings. The number of carbonyl (C=O) groups excluding carboxylic acids is 1. The molecule has 0 rings (SSSR count). The Morgan fingerprint density at radius 1 is 1.47 bits per heavy atom. The quantitative estimate of drug-likeness (QED) is 0.380. The predicted molar refractivity (Wildman–Crippen MR) is 58.3 cm³/mol. The Bertz CT molecular complexity index is 174. The number of nitrogens with zero attached hydrogens (tertiary/aromatic N) is 1. The third-order valence-corrected chi connectivity index (χ3v) is 1.98. The van der Waals surface area contributed by atoms with E-state index >= 15 is 0 Å². The van der Waals surface area contributed by atoms with Crippen molar-refractivity contribution in [3.8, 4) is 0 Å². The molecule has 0 aromatic rings. The summed E-state index contributed by atoms with van der Waals surface area (Å²) in [5, 5.41) is 19.9. The van der Waals surface area contributed by atoms with E-state index in [0.29, 0.717) is 25.9 Å². The van der Waals surface area contributed by atoms with Gasteiger partial charge in [-0.15, -0.1) is 0 Å². The largest absolute Gasteiger partial charge is 0.368 e. The molecule has 15 heavy (non-hydrogen) atoms. The molecule has 0 radical (unpaired) electrons. The van der Waals surface area contributed by atoms with Crippen LogP contribution in [0.2, 0.25) is 0 Å². The summed E-state index contributed by atoms with van der Waals surface area (Å²) in [6, 6.07) is 0. The van der Waals surface area contributed by atoms with E-state index in [1.807, 2.05) is 11.9 Å². The fourth-order valence-electron chi connectivity index (χ4n) is 1.27. The molecule has 0 fully saturated rings. The van der Waals surface area contributed by atoms with Crippen LogP contribution in [-0.2, 0) is 4.79 Å². The third-order valence-electron chi connectivity index (χ3n) is 1.98. The van der Waals surface area contributed by atoms with Gasteiger partial charge in [-0.05, 0) is 32.9 Å². The summed E-state index contributed by atoms with van der Waals surface area (Å²) in [6.07, 6.45) is 0.636. The zero-order valence-electron chi connectivity index (χ0n) is 9.57. The van der Waals surface area contributed by atoms with Crippen LogP contribution in [0.4, 0.5) is 0 Å². The molecule has 0 saturated carbocycles. The van der Waals surface area contributed by atoms with Gasteiger partial charge < -0.3 is 15.5 Å². The third kappa shape index (κ3) is 9.65. The summed E-state index contributed by atoms with van der Waals surface area (Å²) in [5.41, 5.74) is 0. The Kier molecular flexibility index (Phi) is 8.27. The molecule has 3 N–H and O–H groups in total. The van der Waals surface area contributed by atoms with Crippen molar-refractivity contribution in [2.45, 2.75) is 32.5 Å². The van der Waals surface area contributed by atoms with E-state index in [1.54, 1.807) is 0 Å². The Balaban J connectivity index is 3.40. The molecule has 0 aromatic carbocycles. The van der Waals surface area contributed by atoms with Crippen LogP contribution in [0.3, 0.4) is 0 Å². The number of hydrogen-bond donors (Lipinski definition) is 3. The first-order chi connectivity index (χ1) is 7.06. The first-order valence-corrected chi connectivity index (χ1v) is 5.37. The van der Waals surface area contributed by atoms with Gasteiger partial charge in [-0.1, -0.05) is 6.92 Å². The lowest BCUT2D eigenvalue weighted by Crippen LogP contribution is -2.36. The molecular weight excluding hydrogens is 196 g/mol. The lowest BCUT2D eigenvalue weighted by atomic mass is 10.3. The molecule has 0 atom stereocenters. The molecule has 0 aromatic heterocycles. The van der Waals surface area contributed by atoms with Gasteiger partial charge in [0.05, 0.1) is 6.54 Å². The number of rotatable bonds is 8. The smallest absolute Gasteiger partial charge is 0.234 e. The Morgan fingerprint density at radius 3 is 2.67 bits per heavy atom. The summed E-state index contributed by atoms with van der Waals surface area (Å²) in [7, 11) is 1.90. The van der Waals surface area contributed by atoms with Crippen LogP contribution < -0.4 is 5.32 Å². The highest BCUT2D eigenvalue weighted by Crippen LogP contribution is 1.91. The Hall–Kier alpha value is -0.650. The number of likely N-dealkylation sites (N-methyl/N-ethyl adjacent to an activating group) is 1. The lowest BCUT2D eigenvalue weighted by Gasteiger charge is -2.14. The normalized spacial score (nSPS) is 11.1. The molecule has 0 saturated heterocycles. The standard InChI is InChI=1S/C10H22N2O3/c1-3-7-12(2)8-9(13)11-6-4-5-10(14)15/h10,14-15H,3-8H2,1-2H3,(H,11,13). The van der Waals surface area contributed by atoms with Crippen LogP contribution in [0.15, 0.2) is 0 Å². The van der Waals surface area contributed by atoms with Crippen LogP contribution >= 0.6 is 0 Å². The van der Waals surface area contributed by atoms with Gasteiger partial charge in [0.2, 0.25) is 5.91 Å². The molecule has 5 nitrogen and oxygen atoms in total. The molecule has 5 heteroatoms. The molecule has 0 aliphatic carbocycles. The Labute approximate surface area is 91.1 Å². The number of amides is 1. The highest BCUT2D eigenvalue weighted by Gasteiger charge is 2.04. The van der Waals surface area contributed by atoms with Crippen molar-refractivity contribution in [3.63, 3.8) is 0 Å². The van der Waals surface area contributed by atoms with E-state index in [9.17, 15) is 4.79 Å². The average Bonchev–Trinajstić information content (AvgIpc) is 2.12. The van der Waals surface area contributed by atoms with Gasteiger partial charge >= 0.3 is 0 Å². The minimum absolute atomic E-state index is 0.0154. The summed E-state index contributed by atoms with van der Waals surface area (Å²) in [5.74, 6) is -0.0154. The SMILES string of the molecule is CCCN(C)CC(=O)NCCCC(O)O. The first-order valence-electron chi connectivity index (χ1n) is 5.37. The van der Waals surface area contributed by atoms with E-state index in [4.69, 9.17) is 10.2 Å². The van der Waals surface area contributed by atoms with E-state index in [0.717, 1.165) is 13.0 Å². The van der Waals surface area contributed by atoms with E-state index in [-0.39, 0.29) is 5.91 Å². The number of aliphatic hydroxyl groups is 2. The maximum absolute atomic E-state index is 11.3. The van der Waals surface area contributed by atoms with Gasteiger partial charge in [0.25, 0.3) is 0 Å². The van der Waals surface area contributed by atoms with Crippen molar-refractivity contribution in [1.29, 1.82) is 0 Å². The zero-order chi connectivity index (χ0) is 11.7. The van der Waals surface area contributed by atoms with E-state index in [1.165, 1.54) is 0 Å². The van der Waals surface area contributed by atoms with Crippen molar-refractivity contribution < 1.29 is 15.0 Å². The zero-order valence-corrected chi connectivity index (χ0v) is 9.57. The summed E-state index contributed by atoms with van der Waals surface area (Å²) >= 11 is 0. The fourth-order valence-corrected chi connectivity index (χ4v) is 1.27. The second-order valence-corrected chi connectivity index (χ2v) is 3.71. The maximum Gasteiger partial charge on any atom is 0.234 e. The number of carbonyl (C=O) groups is 1. The molecule has 0 spiro atoms. The van der Waals surface area contributed by atoms with Crippen molar-refractivity contribution in [2.24, 2.45) is 0 Å². The van der Waals surface area contributed by atoms with Crippen molar-refractivity contribution in [3.05, 3.63) is 0 Å². The van der Waals surface area contributed by atoms with Crippen LogP contribution in [0.1, 0.15) is 26.2 Å². The van der Waals surface area contributed by atoms with Gasteiger partial charge in [-0.25, -0.2) is 0 Å². The highest BCUT2D eigenvalue weighted by molar-refractivity contribution is 5.77. The monoisotopic (exact) mass is 218 g/mol. The predicted octanol–water partition coefficient (Wildman–Crippen LogP) is -0.465. The highest BCUT2D eigenvalue weighted by atomic mass is 16.5. The molecular formula is C10H22N2O3. The maximum atomic E-state index is 11.3. The first kappa shape index (κ1) is 14.3. The van der Waals surface area contributed by atoms with Crippen LogP contribution in [0.5, 0.6) is 0 Å². The molecule has 0 heterocycles.